The zero-order chi connectivity index (χ0) is 33.5. The minimum atomic E-state index is -0.402. The van der Waals surface area contributed by atoms with Crippen LogP contribution in [0.4, 0.5) is 0 Å². The molecule has 1 unspecified atom stereocenters. The number of amidine groups is 2. The number of aliphatic imine (C=N–C) groups is 2. The van der Waals surface area contributed by atoms with Crippen LogP contribution in [0.5, 0.6) is 0 Å². The summed E-state index contributed by atoms with van der Waals surface area (Å²) in [5, 5.41) is 11.6. The van der Waals surface area contributed by atoms with E-state index >= 15 is 0 Å². The summed E-state index contributed by atoms with van der Waals surface area (Å²) in [6.45, 7) is 0. The monoisotopic (exact) mass is 655 g/mol. The van der Waals surface area contributed by atoms with Gasteiger partial charge >= 0.3 is 0 Å². The highest BCUT2D eigenvalue weighted by molar-refractivity contribution is 6.25. The smallest absolute Gasteiger partial charge is 0.145 e. The second kappa shape index (κ2) is 10.8. The molecule has 240 valence electrons. The van der Waals surface area contributed by atoms with Crippen LogP contribution in [-0.4, -0.2) is 16.2 Å². The average molecular weight is 656 g/mol. The maximum Gasteiger partial charge on any atom is 0.145 e. The number of hydrogen-bond acceptors (Lipinski definition) is 4. The molecule has 11 rings (SSSR count). The minimum Gasteiger partial charge on any atom is -0.456 e. The van der Waals surface area contributed by atoms with Crippen LogP contribution in [0.1, 0.15) is 22.9 Å². The summed E-state index contributed by atoms with van der Waals surface area (Å²) in [5.74, 6) is 1.28. The minimum absolute atomic E-state index is 0.402. The van der Waals surface area contributed by atoms with Crippen LogP contribution < -0.4 is 0 Å². The van der Waals surface area contributed by atoms with Crippen LogP contribution in [0.15, 0.2) is 177 Å². The maximum absolute atomic E-state index is 6.62. The Hall–Kier alpha value is -6.92. The number of hydrogen-bond donors (Lipinski definition) is 0. The lowest BCUT2D eigenvalue weighted by atomic mass is 10.1. The van der Waals surface area contributed by atoms with Crippen LogP contribution >= 0.6 is 0 Å². The van der Waals surface area contributed by atoms with Gasteiger partial charge in [-0.2, -0.15) is 0 Å². The number of fused-ring (bicyclic) bond motifs is 10. The van der Waals surface area contributed by atoms with E-state index in [1.165, 1.54) is 0 Å². The molecule has 0 bridgehead atoms. The molecule has 1 aliphatic heterocycles. The van der Waals surface area contributed by atoms with Gasteiger partial charge in [0.05, 0.1) is 39.5 Å². The van der Waals surface area contributed by atoms with E-state index in [0.717, 1.165) is 88.1 Å². The van der Waals surface area contributed by atoms with Crippen LogP contribution in [-0.2, 0) is 0 Å². The lowest BCUT2D eigenvalue weighted by Gasteiger charge is -2.32. The highest BCUT2D eigenvalue weighted by atomic mass is 16.3. The maximum atomic E-state index is 6.62. The van der Waals surface area contributed by atoms with Crippen molar-refractivity contribution in [2.75, 3.05) is 0 Å². The topological polar surface area (TPSA) is 70.0 Å². The predicted molar refractivity (Wildman–Crippen MR) is 207 cm³/mol. The highest BCUT2D eigenvalue weighted by Gasteiger charge is 2.22. The molecule has 0 fully saturated rings. The Labute approximate surface area is 291 Å². The van der Waals surface area contributed by atoms with Gasteiger partial charge in [-0.1, -0.05) is 115 Å². The van der Waals surface area contributed by atoms with Gasteiger partial charge in [0.25, 0.3) is 0 Å². The fraction of sp³-hybridized carbons (Fsp3) is 0.0222. The largest absolute Gasteiger partial charge is 0.456 e. The van der Waals surface area contributed by atoms with Gasteiger partial charge in [0, 0.05) is 21.5 Å². The summed E-state index contributed by atoms with van der Waals surface area (Å²) in [6.07, 6.45) is -0.402. The molecule has 1 atom stereocenters. The van der Waals surface area contributed by atoms with Crippen LogP contribution in [0.2, 0.25) is 0 Å². The van der Waals surface area contributed by atoms with E-state index in [0.29, 0.717) is 11.7 Å². The molecule has 4 heterocycles. The molecule has 3 aromatic heterocycles. The van der Waals surface area contributed by atoms with E-state index in [-0.39, 0.29) is 0 Å². The Balaban J connectivity index is 1.10. The van der Waals surface area contributed by atoms with Crippen molar-refractivity contribution >= 4 is 77.4 Å². The Morgan fingerprint density at radius 2 is 1.25 bits per heavy atom. The molecule has 10 aromatic rings. The molecule has 7 aromatic carbocycles. The van der Waals surface area contributed by atoms with Gasteiger partial charge in [-0.05, 0) is 65.2 Å². The molecule has 51 heavy (non-hydrogen) atoms. The van der Waals surface area contributed by atoms with Gasteiger partial charge in [0.15, 0.2) is 0 Å². The fourth-order valence-electron chi connectivity index (χ4n) is 7.69. The zero-order valence-electron chi connectivity index (χ0n) is 27.2. The molecule has 1 aliphatic rings. The third-order valence-corrected chi connectivity index (χ3v) is 9.98. The normalized spacial score (nSPS) is 14.9. The highest BCUT2D eigenvalue weighted by Crippen LogP contribution is 2.43. The molecule has 0 saturated heterocycles. The summed E-state index contributed by atoms with van der Waals surface area (Å²) in [5.41, 5.74) is 9.44. The number of para-hydroxylation sites is 2. The Morgan fingerprint density at radius 3 is 2.14 bits per heavy atom. The van der Waals surface area contributed by atoms with Gasteiger partial charge in [-0.25, -0.2) is 0 Å². The summed E-state index contributed by atoms with van der Waals surface area (Å²) < 4.78 is 15.5. The molecule has 6 nitrogen and oxygen atoms in total. The zero-order valence-corrected chi connectivity index (χ0v) is 27.2. The summed E-state index contributed by atoms with van der Waals surface area (Å²) in [7, 11) is 0. The third-order valence-electron chi connectivity index (χ3n) is 9.98. The summed E-state index contributed by atoms with van der Waals surface area (Å²) in [6, 6.07) is 54.0. The lowest BCUT2D eigenvalue weighted by Crippen LogP contribution is -2.15. The van der Waals surface area contributed by atoms with Gasteiger partial charge < -0.3 is 23.7 Å². The van der Waals surface area contributed by atoms with Crippen LogP contribution in [0.3, 0.4) is 0 Å². The lowest BCUT2D eigenvalue weighted by molar-refractivity contribution is 0.668. The van der Waals surface area contributed by atoms with Crippen molar-refractivity contribution in [3.05, 3.63) is 180 Å². The molecule has 0 spiro atoms. The van der Waals surface area contributed by atoms with Crippen molar-refractivity contribution in [1.29, 1.82) is 0 Å². The number of aromatic nitrogens is 1. The molecule has 6 heteroatoms. The van der Waals surface area contributed by atoms with E-state index in [2.05, 4.69) is 95.6 Å². The predicted octanol–water partition coefficient (Wildman–Crippen LogP) is 11.9. The van der Waals surface area contributed by atoms with E-state index in [1.807, 2.05) is 66.7 Å². The van der Waals surface area contributed by atoms with Crippen molar-refractivity contribution in [1.82, 2.24) is 4.57 Å². The first kappa shape index (κ1) is 28.0. The van der Waals surface area contributed by atoms with E-state index in [9.17, 15) is 0 Å². The molecule has 0 aliphatic carbocycles. The Morgan fingerprint density at radius 1 is 0.510 bits per heavy atom. The quantitative estimate of drug-likeness (QED) is 0.189. The molecule has 0 radical (unpaired) electrons. The molecular formula is C45H27N4O2-. The SMILES string of the molecule is c1ccc(C2=NC(c3ccccc3)[N-]C(c3ccc4c(c3)oc3cccc(-n5c6ccccc6c6c7oc8ccccc8c7ccc65)c34)=N2)cc1. The number of furan rings is 2. The van der Waals surface area contributed by atoms with Gasteiger partial charge in [0.2, 0.25) is 0 Å². The number of nitrogens with zero attached hydrogens (tertiary/aromatic N) is 4. The van der Waals surface area contributed by atoms with E-state index in [1.54, 1.807) is 0 Å². The first-order valence-corrected chi connectivity index (χ1v) is 17.1. The van der Waals surface area contributed by atoms with Gasteiger partial charge in [0.1, 0.15) is 22.3 Å². The van der Waals surface area contributed by atoms with Gasteiger partial charge in [-0.3, -0.25) is 4.99 Å². The molecular weight excluding hydrogens is 629 g/mol. The third kappa shape index (κ3) is 4.23. The summed E-state index contributed by atoms with van der Waals surface area (Å²) in [4.78, 5) is 9.92. The standard InChI is InChI=1S/C45H27N4O2/c1-3-12-27(13-4-1)43-46-44(28-14-5-2-6-15-28)48-45(47-43)29-22-23-33-39(26-29)50-38-21-11-19-35(40(33)38)49-34-18-9-7-17-32(34)41-36(49)25-24-31-30-16-8-10-20-37(30)51-42(31)41/h1-26,43H/q-1. The van der Waals surface area contributed by atoms with Gasteiger partial charge in [-0.15, -0.1) is 0 Å². The van der Waals surface area contributed by atoms with Crippen molar-refractivity contribution in [2.45, 2.75) is 6.17 Å². The molecule has 0 saturated carbocycles. The molecule has 0 N–H and O–H groups in total. The van der Waals surface area contributed by atoms with Crippen LogP contribution in [0.25, 0.3) is 76.7 Å². The second-order valence-corrected chi connectivity index (χ2v) is 12.9. The number of benzene rings is 7. The number of rotatable bonds is 4. The van der Waals surface area contributed by atoms with Crippen molar-refractivity contribution in [3.63, 3.8) is 0 Å². The van der Waals surface area contributed by atoms with E-state index < -0.39 is 6.17 Å². The van der Waals surface area contributed by atoms with Crippen molar-refractivity contribution in [3.8, 4) is 5.69 Å². The molecule has 0 amide bonds. The van der Waals surface area contributed by atoms with Crippen molar-refractivity contribution < 1.29 is 8.83 Å². The Bertz CT molecular complexity index is 3060. The first-order valence-electron chi connectivity index (χ1n) is 17.1. The second-order valence-electron chi connectivity index (χ2n) is 12.9. The van der Waals surface area contributed by atoms with Crippen molar-refractivity contribution in [2.24, 2.45) is 9.98 Å². The average Bonchev–Trinajstić information content (AvgIpc) is 3.87. The summed E-state index contributed by atoms with van der Waals surface area (Å²) >= 11 is 0. The first-order chi connectivity index (χ1) is 25.3. The fourth-order valence-corrected chi connectivity index (χ4v) is 7.69. The van der Waals surface area contributed by atoms with E-state index in [4.69, 9.17) is 24.1 Å². The Kier molecular flexibility index (Phi) is 5.92. The van der Waals surface area contributed by atoms with Crippen LogP contribution in [0, 0.1) is 0 Å².